The van der Waals surface area contributed by atoms with Gasteiger partial charge in [-0.05, 0) is 37.9 Å². The standard InChI is InChI=1S/C15H24N4O/c1-2-10-19(11-12-6-3-4-9-17-12)14-8-5-7-13(18-14)15(16)20/h5,7-8,12,17H,2-4,6,9-11H2,1H3,(H2,16,20). The highest BCUT2D eigenvalue weighted by Crippen LogP contribution is 2.15. The first-order valence-electron chi connectivity index (χ1n) is 7.46. The van der Waals surface area contributed by atoms with E-state index < -0.39 is 5.91 Å². The van der Waals surface area contributed by atoms with E-state index in [0.717, 1.165) is 31.9 Å². The minimum Gasteiger partial charge on any atom is -0.364 e. The number of anilines is 1. The first-order chi connectivity index (χ1) is 9.70. The summed E-state index contributed by atoms with van der Waals surface area (Å²) >= 11 is 0. The van der Waals surface area contributed by atoms with E-state index in [2.05, 4.69) is 22.1 Å². The van der Waals surface area contributed by atoms with E-state index >= 15 is 0 Å². The summed E-state index contributed by atoms with van der Waals surface area (Å²) in [5.74, 6) is 0.370. The third-order valence-electron chi connectivity index (χ3n) is 3.66. The van der Waals surface area contributed by atoms with Gasteiger partial charge in [-0.1, -0.05) is 19.4 Å². The molecule has 1 fully saturated rings. The fourth-order valence-electron chi connectivity index (χ4n) is 2.65. The molecule has 1 unspecified atom stereocenters. The molecular weight excluding hydrogens is 252 g/mol. The van der Waals surface area contributed by atoms with Crippen LogP contribution in [0.1, 0.15) is 43.1 Å². The second-order valence-electron chi connectivity index (χ2n) is 5.34. The predicted octanol–water partition coefficient (Wildman–Crippen LogP) is 1.54. The van der Waals surface area contributed by atoms with Crippen LogP contribution in [0.4, 0.5) is 5.82 Å². The molecule has 1 aliphatic rings. The lowest BCUT2D eigenvalue weighted by molar-refractivity contribution is 0.0995. The van der Waals surface area contributed by atoms with Crippen molar-refractivity contribution in [1.29, 1.82) is 0 Å². The zero-order valence-electron chi connectivity index (χ0n) is 12.1. The summed E-state index contributed by atoms with van der Waals surface area (Å²) < 4.78 is 0. The number of nitrogens with two attached hydrogens (primary N) is 1. The lowest BCUT2D eigenvalue weighted by Crippen LogP contribution is -2.44. The van der Waals surface area contributed by atoms with Crippen molar-refractivity contribution in [2.75, 3.05) is 24.5 Å². The van der Waals surface area contributed by atoms with Gasteiger partial charge in [0, 0.05) is 19.1 Å². The number of aromatic nitrogens is 1. The van der Waals surface area contributed by atoms with Crippen LogP contribution in [0.15, 0.2) is 18.2 Å². The zero-order valence-corrected chi connectivity index (χ0v) is 12.1. The van der Waals surface area contributed by atoms with Gasteiger partial charge in [0.05, 0.1) is 0 Å². The molecule has 2 heterocycles. The minimum atomic E-state index is -0.473. The summed E-state index contributed by atoms with van der Waals surface area (Å²) in [7, 11) is 0. The first kappa shape index (κ1) is 14.8. The summed E-state index contributed by atoms with van der Waals surface area (Å²) in [6.45, 7) is 5.12. The molecule has 1 aliphatic heterocycles. The van der Waals surface area contributed by atoms with E-state index in [9.17, 15) is 4.79 Å². The van der Waals surface area contributed by atoms with Crippen molar-refractivity contribution in [3.63, 3.8) is 0 Å². The maximum absolute atomic E-state index is 11.3. The molecule has 0 aliphatic carbocycles. The van der Waals surface area contributed by atoms with Crippen molar-refractivity contribution < 1.29 is 4.79 Å². The Morgan fingerprint density at radius 2 is 2.35 bits per heavy atom. The van der Waals surface area contributed by atoms with Crippen LogP contribution in [0.25, 0.3) is 0 Å². The Kier molecular flexibility index (Phi) is 5.35. The molecule has 110 valence electrons. The molecule has 1 aromatic rings. The number of carbonyl (C=O) groups excluding carboxylic acids is 1. The number of nitrogens with one attached hydrogen (secondary N) is 1. The van der Waals surface area contributed by atoms with Crippen molar-refractivity contribution in [3.05, 3.63) is 23.9 Å². The van der Waals surface area contributed by atoms with E-state index in [1.54, 1.807) is 6.07 Å². The van der Waals surface area contributed by atoms with Crippen molar-refractivity contribution in [1.82, 2.24) is 10.3 Å². The second-order valence-corrected chi connectivity index (χ2v) is 5.34. The number of rotatable bonds is 6. The average molecular weight is 276 g/mol. The normalized spacial score (nSPS) is 18.8. The topological polar surface area (TPSA) is 71.2 Å². The van der Waals surface area contributed by atoms with Gasteiger partial charge in [-0.2, -0.15) is 0 Å². The van der Waals surface area contributed by atoms with Crippen LogP contribution in [0.5, 0.6) is 0 Å². The molecule has 3 N–H and O–H groups in total. The quantitative estimate of drug-likeness (QED) is 0.827. The van der Waals surface area contributed by atoms with Crippen LogP contribution in [0.2, 0.25) is 0 Å². The molecule has 5 nitrogen and oxygen atoms in total. The van der Waals surface area contributed by atoms with Crippen LogP contribution in [0.3, 0.4) is 0 Å². The van der Waals surface area contributed by atoms with Crippen LogP contribution < -0.4 is 16.0 Å². The van der Waals surface area contributed by atoms with Crippen molar-refractivity contribution in [2.24, 2.45) is 5.73 Å². The van der Waals surface area contributed by atoms with Crippen molar-refractivity contribution >= 4 is 11.7 Å². The molecule has 1 amide bonds. The SMILES string of the molecule is CCCN(CC1CCCCN1)c1cccc(C(N)=O)n1. The number of amides is 1. The molecular formula is C15H24N4O. The number of hydrogen-bond donors (Lipinski definition) is 2. The maximum atomic E-state index is 11.3. The molecule has 1 aromatic heterocycles. The van der Waals surface area contributed by atoms with Gasteiger partial charge in [0.25, 0.3) is 5.91 Å². The smallest absolute Gasteiger partial charge is 0.267 e. The Bertz CT molecular complexity index is 443. The van der Waals surface area contributed by atoms with Crippen LogP contribution in [-0.2, 0) is 0 Å². The fourth-order valence-corrected chi connectivity index (χ4v) is 2.65. The Morgan fingerprint density at radius 1 is 1.50 bits per heavy atom. The van der Waals surface area contributed by atoms with Crippen LogP contribution >= 0.6 is 0 Å². The highest BCUT2D eigenvalue weighted by Gasteiger charge is 2.17. The highest BCUT2D eigenvalue weighted by molar-refractivity contribution is 5.91. The number of piperidine rings is 1. The number of nitrogens with zero attached hydrogens (tertiary/aromatic N) is 2. The molecule has 2 rings (SSSR count). The van der Waals surface area contributed by atoms with E-state index in [4.69, 9.17) is 5.73 Å². The molecule has 5 heteroatoms. The second kappa shape index (κ2) is 7.24. The predicted molar refractivity (Wildman–Crippen MR) is 80.9 cm³/mol. The largest absolute Gasteiger partial charge is 0.364 e. The van der Waals surface area contributed by atoms with Gasteiger partial charge >= 0.3 is 0 Å². The molecule has 1 saturated heterocycles. The molecule has 1 atom stereocenters. The Labute approximate surface area is 120 Å². The van der Waals surface area contributed by atoms with E-state index in [-0.39, 0.29) is 0 Å². The molecule has 0 aromatic carbocycles. The lowest BCUT2D eigenvalue weighted by Gasteiger charge is -2.31. The highest BCUT2D eigenvalue weighted by atomic mass is 16.1. The summed E-state index contributed by atoms with van der Waals surface area (Å²) in [6.07, 6.45) is 4.80. The van der Waals surface area contributed by atoms with Gasteiger partial charge in [-0.15, -0.1) is 0 Å². The molecule has 0 spiro atoms. The third kappa shape index (κ3) is 3.93. The summed E-state index contributed by atoms with van der Waals surface area (Å²) in [4.78, 5) is 17.9. The van der Waals surface area contributed by atoms with Crippen molar-refractivity contribution in [2.45, 2.75) is 38.6 Å². The molecule has 0 radical (unpaired) electrons. The van der Waals surface area contributed by atoms with E-state index in [1.165, 1.54) is 19.3 Å². The Balaban J connectivity index is 2.10. The minimum absolute atomic E-state index is 0.334. The van der Waals surface area contributed by atoms with Gasteiger partial charge in [0.2, 0.25) is 0 Å². The Hall–Kier alpha value is -1.62. The summed E-state index contributed by atoms with van der Waals surface area (Å²) in [5, 5.41) is 3.55. The molecule has 20 heavy (non-hydrogen) atoms. The lowest BCUT2D eigenvalue weighted by atomic mass is 10.0. The first-order valence-corrected chi connectivity index (χ1v) is 7.46. The molecule has 0 bridgehead atoms. The zero-order chi connectivity index (χ0) is 14.4. The van der Waals surface area contributed by atoms with Gasteiger partial charge < -0.3 is 16.0 Å². The fraction of sp³-hybridized carbons (Fsp3) is 0.600. The van der Waals surface area contributed by atoms with Gasteiger partial charge in [-0.3, -0.25) is 4.79 Å². The van der Waals surface area contributed by atoms with Crippen LogP contribution in [-0.4, -0.2) is 36.6 Å². The third-order valence-corrected chi connectivity index (χ3v) is 3.66. The van der Waals surface area contributed by atoms with Crippen molar-refractivity contribution in [3.8, 4) is 0 Å². The molecule has 0 saturated carbocycles. The van der Waals surface area contributed by atoms with Gasteiger partial charge in [-0.25, -0.2) is 4.98 Å². The summed E-state index contributed by atoms with van der Waals surface area (Å²) in [6, 6.07) is 5.97. The monoisotopic (exact) mass is 276 g/mol. The van der Waals surface area contributed by atoms with E-state index in [1.807, 2.05) is 12.1 Å². The average Bonchev–Trinajstić information content (AvgIpc) is 2.48. The Morgan fingerprint density at radius 3 is 3.00 bits per heavy atom. The van der Waals surface area contributed by atoms with Gasteiger partial charge in [0.15, 0.2) is 0 Å². The number of primary amides is 1. The van der Waals surface area contributed by atoms with Crippen LogP contribution in [0, 0.1) is 0 Å². The maximum Gasteiger partial charge on any atom is 0.267 e. The summed E-state index contributed by atoms with van der Waals surface area (Å²) in [5.41, 5.74) is 5.64. The number of hydrogen-bond acceptors (Lipinski definition) is 4. The number of carbonyl (C=O) groups is 1. The number of pyridine rings is 1. The van der Waals surface area contributed by atoms with Gasteiger partial charge in [0.1, 0.15) is 11.5 Å². The van der Waals surface area contributed by atoms with E-state index in [0.29, 0.717) is 11.7 Å².